The van der Waals surface area contributed by atoms with Gasteiger partial charge in [0.1, 0.15) is 4.90 Å². The van der Waals surface area contributed by atoms with Crippen LogP contribution in [0.2, 0.25) is 5.02 Å². The highest BCUT2D eigenvalue weighted by molar-refractivity contribution is 7.89. The van der Waals surface area contributed by atoms with Crippen molar-refractivity contribution in [3.8, 4) is 0 Å². The molecular formula is C14H21ClN2O2S. The van der Waals surface area contributed by atoms with Crippen LogP contribution in [0.1, 0.15) is 25.3 Å². The smallest absolute Gasteiger partial charge is 0.244 e. The fourth-order valence-corrected chi connectivity index (χ4v) is 4.67. The summed E-state index contributed by atoms with van der Waals surface area (Å²) in [6.07, 6.45) is 1.82. The second kappa shape index (κ2) is 6.02. The molecule has 20 heavy (non-hydrogen) atoms. The van der Waals surface area contributed by atoms with Crippen LogP contribution in [0.5, 0.6) is 0 Å². The molecule has 2 N–H and O–H groups in total. The van der Waals surface area contributed by atoms with Crippen molar-refractivity contribution >= 4 is 21.6 Å². The number of rotatable bonds is 3. The zero-order valence-electron chi connectivity index (χ0n) is 11.8. The summed E-state index contributed by atoms with van der Waals surface area (Å²) < 4.78 is 27.0. The van der Waals surface area contributed by atoms with E-state index < -0.39 is 10.0 Å². The van der Waals surface area contributed by atoms with Gasteiger partial charge in [-0.05, 0) is 44.2 Å². The van der Waals surface area contributed by atoms with Crippen LogP contribution in [0.15, 0.2) is 23.1 Å². The van der Waals surface area contributed by atoms with Crippen LogP contribution < -0.4 is 5.73 Å². The first-order valence-corrected chi connectivity index (χ1v) is 8.66. The van der Waals surface area contributed by atoms with Crippen LogP contribution in [0, 0.1) is 12.8 Å². The number of hydrogen-bond donors (Lipinski definition) is 1. The molecule has 6 heteroatoms. The van der Waals surface area contributed by atoms with E-state index in [0.29, 0.717) is 18.1 Å². The standard InChI is InChI=1S/C14H21ClN2O2S/c1-10-5-3-7-13(14(10)15)20(18,19)17-8-4-6-12(9-17)11(2)16/h3,5,7,11-12H,4,6,8-9,16H2,1-2H3/t11-,12+/m1/s1. The lowest BCUT2D eigenvalue weighted by Crippen LogP contribution is -2.45. The van der Waals surface area contributed by atoms with Gasteiger partial charge >= 0.3 is 0 Å². The van der Waals surface area contributed by atoms with Gasteiger partial charge in [-0.3, -0.25) is 0 Å². The predicted molar refractivity (Wildman–Crippen MR) is 81.3 cm³/mol. The average Bonchev–Trinajstić information content (AvgIpc) is 2.41. The summed E-state index contributed by atoms with van der Waals surface area (Å²) in [6, 6.07) is 5.10. The van der Waals surface area contributed by atoms with E-state index in [2.05, 4.69) is 0 Å². The van der Waals surface area contributed by atoms with Crippen molar-refractivity contribution in [3.05, 3.63) is 28.8 Å². The molecule has 1 aliphatic heterocycles. The molecule has 1 heterocycles. The Morgan fingerprint density at radius 3 is 2.80 bits per heavy atom. The minimum absolute atomic E-state index is 0.000909. The maximum atomic E-state index is 12.7. The van der Waals surface area contributed by atoms with Gasteiger partial charge in [-0.15, -0.1) is 0 Å². The van der Waals surface area contributed by atoms with Gasteiger partial charge in [-0.2, -0.15) is 4.31 Å². The van der Waals surface area contributed by atoms with E-state index in [1.54, 1.807) is 12.1 Å². The molecule has 0 bridgehead atoms. The fraction of sp³-hybridized carbons (Fsp3) is 0.571. The van der Waals surface area contributed by atoms with Gasteiger partial charge < -0.3 is 5.73 Å². The second-order valence-corrected chi connectivity index (χ2v) is 7.80. The lowest BCUT2D eigenvalue weighted by Gasteiger charge is -2.34. The first-order chi connectivity index (χ1) is 9.34. The van der Waals surface area contributed by atoms with E-state index >= 15 is 0 Å². The Morgan fingerprint density at radius 1 is 1.45 bits per heavy atom. The minimum Gasteiger partial charge on any atom is -0.328 e. The first kappa shape index (κ1) is 15.8. The molecule has 2 atom stereocenters. The molecular weight excluding hydrogens is 296 g/mol. The van der Waals surface area contributed by atoms with Crippen LogP contribution in [0.4, 0.5) is 0 Å². The van der Waals surface area contributed by atoms with E-state index in [1.807, 2.05) is 19.9 Å². The number of halogens is 1. The predicted octanol–water partition coefficient (Wildman–Crippen LogP) is 2.40. The molecule has 0 aliphatic carbocycles. The van der Waals surface area contributed by atoms with Crippen molar-refractivity contribution in [1.29, 1.82) is 0 Å². The zero-order chi connectivity index (χ0) is 14.9. The maximum Gasteiger partial charge on any atom is 0.244 e. The molecule has 112 valence electrons. The molecule has 0 spiro atoms. The van der Waals surface area contributed by atoms with Crippen molar-refractivity contribution in [3.63, 3.8) is 0 Å². The van der Waals surface area contributed by atoms with Crippen molar-refractivity contribution in [2.45, 2.75) is 37.6 Å². The normalized spacial score (nSPS) is 22.7. The summed E-state index contributed by atoms with van der Waals surface area (Å²) in [5, 5.41) is 0.315. The topological polar surface area (TPSA) is 63.4 Å². The van der Waals surface area contributed by atoms with Crippen LogP contribution in [-0.2, 0) is 10.0 Å². The van der Waals surface area contributed by atoms with Crippen molar-refractivity contribution in [2.24, 2.45) is 11.7 Å². The molecule has 2 rings (SSSR count). The van der Waals surface area contributed by atoms with Gasteiger partial charge in [0, 0.05) is 19.1 Å². The quantitative estimate of drug-likeness (QED) is 0.931. The molecule has 1 aromatic carbocycles. The van der Waals surface area contributed by atoms with Crippen LogP contribution in [0.25, 0.3) is 0 Å². The Bertz CT molecular complexity index is 587. The van der Waals surface area contributed by atoms with E-state index in [1.165, 1.54) is 4.31 Å². The van der Waals surface area contributed by atoms with Crippen LogP contribution in [-0.4, -0.2) is 31.9 Å². The number of nitrogens with two attached hydrogens (primary N) is 1. The van der Waals surface area contributed by atoms with E-state index in [0.717, 1.165) is 18.4 Å². The summed E-state index contributed by atoms with van der Waals surface area (Å²) in [6.45, 7) is 4.75. The lowest BCUT2D eigenvalue weighted by atomic mass is 9.93. The monoisotopic (exact) mass is 316 g/mol. The fourth-order valence-electron chi connectivity index (χ4n) is 2.58. The molecule has 0 unspecified atom stereocenters. The van der Waals surface area contributed by atoms with E-state index in [-0.39, 0.29) is 16.9 Å². The van der Waals surface area contributed by atoms with Crippen molar-refractivity contribution in [2.75, 3.05) is 13.1 Å². The van der Waals surface area contributed by atoms with Crippen molar-refractivity contribution in [1.82, 2.24) is 4.31 Å². The number of sulfonamides is 1. The largest absolute Gasteiger partial charge is 0.328 e. The highest BCUT2D eigenvalue weighted by Gasteiger charge is 2.32. The Balaban J connectivity index is 2.33. The van der Waals surface area contributed by atoms with Crippen molar-refractivity contribution < 1.29 is 8.42 Å². The van der Waals surface area contributed by atoms with Gasteiger partial charge in [-0.1, -0.05) is 23.7 Å². The summed E-state index contributed by atoms with van der Waals surface area (Å²) >= 11 is 6.17. The second-order valence-electron chi connectivity index (χ2n) is 5.51. The number of piperidine rings is 1. The highest BCUT2D eigenvalue weighted by atomic mass is 35.5. The van der Waals surface area contributed by atoms with Crippen LogP contribution in [0.3, 0.4) is 0 Å². The Kier molecular flexibility index (Phi) is 4.74. The molecule has 1 fully saturated rings. The van der Waals surface area contributed by atoms with Gasteiger partial charge in [0.2, 0.25) is 10.0 Å². The maximum absolute atomic E-state index is 12.7. The Labute approximate surface area is 126 Å². The Hall–Kier alpha value is -0.620. The lowest BCUT2D eigenvalue weighted by molar-refractivity contribution is 0.243. The molecule has 4 nitrogen and oxygen atoms in total. The first-order valence-electron chi connectivity index (χ1n) is 6.85. The molecule has 0 radical (unpaired) electrons. The van der Waals surface area contributed by atoms with Crippen LogP contribution >= 0.6 is 11.6 Å². The Morgan fingerprint density at radius 2 is 2.15 bits per heavy atom. The molecule has 0 amide bonds. The molecule has 1 aromatic rings. The molecule has 0 saturated carbocycles. The van der Waals surface area contributed by atoms with Gasteiger partial charge in [-0.25, -0.2) is 8.42 Å². The number of nitrogens with zero attached hydrogens (tertiary/aromatic N) is 1. The summed E-state index contributed by atoms with van der Waals surface area (Å²) in [7, 11) is -3.54. The molecule has 1 saturated heterocycles. The SMILES string of the molecule is Cc1cccc(S(=O)(=O)N2CCC[C@H]([C@@H](C)N)C2)c1Cl. The summed E-state index contributed by atoms with van der Waals surface area (Å²) in [4.78, 5) is 0.199. The van der Waals surface area contributed by atoms with Gasteiger partial charge in [0.25, 0.3) is 0 Å². The van der Waals surface area contributed by atoms with Gasteiger partial charge in [0.15, 0.2) is 0 Å². The summed E-state index contributed by atoms with van der Waals surface area (Å²) in [5.74, 6) is 0.210. The minimum atomic E-state index is -3.54. The average molecular weight is 317 g/mol. The number of aryl methyl sites for hydroxylation is 1. The molecule has 1 aliphatic rings. The van der Waals surface area contributed by atoms with E-state index in [9.17, 15) is 8.42 Å². The van der Waals surface area contributed by atoms with Gasteiger partial charge in [0.05, 0.1) is 5.02 Å². The highest BCUT2D eigenvalue weighted by Crippen LogP contribution is 2.30. The third-order valence-corrected chi connectivity index (χ3v) is 6.46. The molecule has 0 aromatic heterocycles. The third kappa shape index (κ3) is 3.01. The third-order valence-electron chi connectivity index (χ3n) is 3.94. The summed E-state index contributed by atoms with van der Waals surface area (Å²) in [5.41, 5.74) is 6.69. The zero-order valence-corrected chi connectivity index (χ0v) is 13.4. The van der Waals surface area contributed by atoms with E-state index in [4.69, 9.17) is 17.3 Å². The number of benzene rings is 1. The number of hydrogen-bond acceptors (Lipinski definition) is 3.